The number of ether oxygens (including phenoxy) is 1. The molecule has 29 heavy (non-hydrogen) atoms. The third-order valence-corrected chi connectivity index (χ3v) is 4.98. The van der Waals surface area contributed by atoms with E-state index in [0.717, 1.165) is 16.5 Å². The summed E-state index contributed by atoms with van der Waals surface area (Å²) in [6, 6.07) is 7.58. The molecule has 0 saturated carbocycles. The molecule has 3 rings (SSSR count). The number of hydrogen-bond acceptors (Lipinski definition) is 6. The smallest absolute Gasteiger partial charge is 0.405 e. The van der Waals surface area contributed by atoms with Crippen molar-refractivity contribution in [3.63, 3.8) is 0 Å². The van der Waals surface area contributed by atoms with Gasteiger partial charge in [0.2, 0.25) is 0 Å². The second-order valence-corrected chi connectivity index (χ2v) is 7.48. The number of amides is 1. The molecule has 2 aromatic heterocycles. The summed E-state index contributed by atoms with van der Waals surface area (Å²) in [5, 5.41) is 16.8. The summed E-state index contributed by atoms with van der Waals surface area (Å²) in [6.07, 6.45) is 4.07. The molecule has 3 aromatic rings. The van der Waals surface area contributed by atoms with Crippen molar-refractivity contribution in [2.45, 2.75) is 33.2 Å². The predicted octanol–water partition coefficient (Wildman–Crippen LogP) is 4.14. The van der Waals surface area contributed by atoms with Crippen LogP contribution in [-0.2, 0) is 0 Å². The maximum absolute atomic E-state index is 11.1. The lowest BCUT2D eigenvalue weighted by Gasteiger charge is -2.33. The number of nitrogens with zero attached hydrogens (tertiary/aromatic N) is 3. The highest BCUT2D eigenvalue weighted by atomic mass is 16.5. The molecule has 0 bridgehead atoms. The molecule has 3 N–H and O–H groups in total. The third kappa shape index (κ3) is 4.90. The molecule has 1 unspecified atom stereocenters. The molecule has 8 nitrogen and oxygen atoms in total. The van der Waals surface area contributed by atoms with E-state index in [1.54, 1.807) is 18.6 Å². The van der Waals surface area contributed by atoms with E-state index < -0.39 is 11.6 Å². The fourth-order valence-electron chi connectivity index (χ4n) is 2.76. The van der Waals surface area contributed by atoms with Crippen molar-refractivity contribution in [2.24, 2.45) is 5.92 Å². The molecular weight excluding hydrogens is 370 g/mol. The van der Waals surface area contributed by atoms with E-state index >= 15 is 0 Å². The lowest BCUT2D eigenvalue weighted by Crippen LogP contribution is -2.53. The van der Waals surface area contributed by atoms with E-state index in [2.05, 4.69) is 25.6 Å². The Kier molecular flexibility index (Phi) is 5.81. The maximum Gasteiger partial charge on any atom is 0.405 e. The zero-order chi connectivity index (χ0) is 21.0. The summed E-state index contributed by atoms with van der Waals surface area (Å²) in [5.74, 6) is 2.12. The van der Waals surface area contributed by atoms with Gasteiger partial charge in [0.1, 0.15) is 24.0 Å². The molecule has 152 valence electrons. The largest absolute Gasteiger partial charge is 0.491 e. The van der Waals surface area contributed by atoms with Gasteiger partial charge in [-0.2, -0.15) is 0 Å². The molecule has 2 heterocycles. The quantitative estimate of drug-likeness (QED) is 0.551. The van der Waals surface area contributed by atoms with Crippen LogP contribution in [0.1, 0.15) is 26.6 Å². The van der Waals surface area contributed by atoms with Crippen molar-refractivity contribution in [2.75, 3.05) is 11.9 Å². The summed E-state index contributed by atoms with van der Waals surface area (Å²) in [7, 11) is 0. The van der Waals surface area contributed by atoms with E-state index in [0.29, 0.717) is 17.4 Å². The van der Waals surface area contributed by atoms with Crippen LogP contribution < -0.4 is 15.4 Å². The van der Waals surface area contributed by atoms with E-state index in [9.17, 15) is 4.79 Å². The summed E-state index contributed by atoms with van der Waals surface area (Å²) in [6.45, 7) is 7.80. The van der Waals surface area contributed by atoms with Gasteiger partial charge in [0.05, 0.1) is 23.6 Å². The maximum atomic E-state index is 11.1. The number of hydrogen-bond donors (Lipinski definition) is 3. The fraction of sp³-hybridized carbons (Fsp3) is 0.333. The second-order valence-electron chi connectivity index (χ2n) is 7.48. The molecule has 0 spiro atoms. The van der Waals surface area contributed by atoms with Crippen LogP contribution in [0.5, 0.6) is 5.75 Å². The minimum Gasteiger partial charge on any atom is -0.491 e. The van der Waals surface area contributed by atoms with Crippen LogP contribution in [0.3, 0.4) is 0 Å². The van der Waals surface area contributed by atoms with Crippen LogP contribution in [0.4, 0.5) is 16.3 Å². The van der Waals surface area contributed by atoms with Crippen LogP contribution in [0.2, 0.25) is 0 Å². The SMILES string of the molecule is Cc1ncc(Nc2nccc3cc(OCC(C)(NC(=O)O)C(C)C)ccc23)cn1. The third-order valence-electron chi connectivity index (χ3n) is 4.98. The molecule has 0 radical (unpaired) electrons. The number of pyridine rings is 1. The minimum absolute atomic E-state index is 0.0655. The molecule has 0 fully saturated rings. The molecule has 1 amide bonds. The molecular formula is C21H25N5O3. The highest BCUT2D eigenvalue weighted by Crippen LogP contribution is 2.28. The number of benzene rings is 1. The Morgan fingerprint density at radius 2 is 1.93 bits per heavy atom. The number of aryl methyl sites for hydroxylation is 1. The minimum atomic E-state index is -1.06. The van der Waals surface area contributed by atoms with Gasteiger partial charge in [-0.1, -0.05) is 13.8 Å². The van der Waals surface area contributed by atoms with E-state index in [4.69, 9.17) is 9.84 Å². The highest BCUT2D eigenvalue weighted by Gasteiger charge is 2.31. The van der Waals surface area contributed by atoms with Gasteiger partial charge >= 0.3 is 6.09 Å². The summed E-state index contributed by atoms with van der Waals surface area (Å²) < 4.78 is 5.93. The monoisotopic (exact) mass is 395 g/mol. The summed E-state index contributed by atoms with van der Waals surface area (Å²) in [5.41, 5.74) is 0.0559. The van der Waals surface area contributed by atoms with Crippen LogP contribution in [-0.4, -0.2) is 38.3 Å². The Morgan fingerprint density at radius 3 is 2.59 bits per heavy atom. The van der Waals surface area contributed by atoms with Crippen molar-refractivity contribution in [1.82, 2.24) is 20.3 Å². The molecule has 0 saturated heterocycles. The van der Waals surface area contributed by atoms with Gasteiger partial charge in [0.15, 0.2) is 0 Å². The van der Waals surface area contributed by atoms with Gasteiger partial charge in [-0.25, -0.2) is 19.7 Å². The van der Waals surface area contributed by atoms with Crippen molar-refractivity contribution < 1.29 is 14.6 Å². The van der Waals surface area contributed by atoms with E-state index in [1.165, 1.54) is 0 Å². The first kappa shape index (κ1) is 20.3. The second kappa shape index (κ2) is 8.30. The van der Waals surface area contributed by atoms with Crippen LogP contribution in [0.15, 0.2) is 42.9 Å². The zero-order valence-corrected chi connectivity index (χ0v) is 16.9. The van der Waals surface area contributed by atoms with Crippen LogP contribution in [0, 0.1) is 12.8 Å². The molecule has 1 atom stereocenters. The summed E-state index contributed by atoms with van der Waals surface area (Å²) in [4.78, 5) is 23.9. The zero-order valence-electron chi connectivity index (χ0n) is 16.9. The number of rotatable bonds is 7. The normalized spacial score (nSPS) is 13.1. The first-order valence-corrected chi connectivity index (χ1v) is 9.35. The average Bonchev–Trinajstić information content (AvgIpc) is 2.67. The highest BCUT2D eigenvalue weighted by molar-refractivity contribution is 5.93. The Hall–Kier alpha value is -3.42. The summed E-state index contributed by atoms with van der Waals surface area (Å²) >= 11 is 0. The number of carbonyl (C=O) groups is 1. The molecule has 0 aliphatic heterocycles. The van der Waals surface area contributed by atoms with Gasteiger partial charge in [-0.05, 0) is 49.4 Å². The fourth-order valence-corrected chi connectivity index (χ4v) is 2.76. The van der Waals surface area contributed by atoms with Gasteiger partial charge in [0, 0.05) is 11.6 Å². The average molecular weight is 395 g/mol. The number of anilines is 2. The van der Waals surface area contributed by atoms with Crippen molar-refractivity contribution in [3.05, 3.63) is 48.7 Å². The van der Waals surface area contributed by atoms with Crippen LogP contribution >= 0.6 is 0 Å². The number of fused-ring (bicyclic) bond motifs is 1. The molecule has 0 aliphatic carbocycles. The number of aromatic nitrogens is 3. The molecule has 1 aromatic carbocycles. The lowest BCUT2D eigenvalue weighted by atomic mass is 9.89. The van der Waals surface area contributed by atoms with E-state index in [1.807, 2.05) is 52.0 Å². The van der Waals surface area contributed by atoms with Crippen molar-refractivity contribution in [1.29, 1.82) is 0 Å². The Balaban J connectivity index is 1.80. The van der Waals surface area contributed by atoms with E-state index in [-0.39, 0.29) is 12.5 Å². The Bertz CT molecular complexity index is 1010. The van der Waals surface area contributed by atoms with Gasteiger partial charge in [-0.15, -0.1) is 0 Å². The lowest BCUT2D eigenvalue weighted by molar-refractivity contribution is 0.130. The Morgan fingerprint density at radius 1 is 1.21 bits per heavy atom. The number of nitrogens with one attached hydrogen (secondary N) is 2. The molecule has 8 heteroatoms. The standard InChI is InChI=1S/C21H25N5O3/c1-13(2)21(4,26-20(27)28)12-29-17-5-6-18-15(9-17)7-8-22-19(18)25-16-10-23-14(3)24-11-16/h5-11,13,26H,12H2,1-4H3,(H,22,25)(H,27,28). The van der Waals surface area contributed by atoms with Crippen molar-refractivity contribution in [3.8, 4) is 5.75 Å². The Labute approximate surface area is 169 Å². The van der Waals surface area contributed by atoms with Crippen molar-refractivity contribution >= 4 is 28.4 Å². The predicted molar refractivity (Wildman–Crippen MR) is 112 cm³/mol. The van der Waals surface area contributed by atoms with Crippen LogP contribution in [0.25, 0.3) is 10.8 Å². The molecule has 0 aliphatic rings. The van der Waals surface area contributed by atoms with Gasteiger partial charge < -0.3 is 20.5 Å². The number of carboxylic acid groups (broad SMARTS) is 1. The topological polar surface area (TPSA) is 109 Å². The van der Waals surface area contributed by atoms with Gasteiger partial charge in [0.25, 0.3) is 0 Å². The first-order chi connectivity index (χ1) is 13.8. The van der Waals surface area contributed by atoms with Gasteiger partial charge in [-0.3, -0.25) is 0 Å². The first-order valence-electron chi connectivity index (χ1n) is 9.35.